The molecule has 0 N–H and O–H groups in total. The van der Waals surface area contributed by atoms with Gasteiger partial charge < -0.3 is 9.13 Å². The molecule has 0 amide bonds. The Morgan fingerprint density at radius 2 is 0.462 bits per heavy atom. The van der Waals surface area contributed by atoms with Crippen molar-refractivity contribution in [2.24, 2.45) is 0 Å². The van der Waals surface area contributed by atoms with Gasteiger partial charge in [-0.25, -0.2) is 9.97 Å². The molecule has 0 saturated carbocycles. The zero-order valence-corrected chi connectivity index (χ0v) is 57.0. The summed E-state index contributed by atoms with van der Waals surface area (Å²) in [4.78, 5) is 38.6. The number of hydrogen-bond acceptors (Lipinski definition) is 4. The fourth-order valence-electron chi connectivity index (χ4n) is 16.6. The second-order valence-electron chi connectivity index (χ2n) is 27.1. The summed E-state index contributed by atoms with van der Waals surface area (Å²) in [5, 5.41) is 13.5. The Labute approximate surface area is 605 Å². The summed E-state index contributed by atoms with van der Waals surface area (Å²) in [5.74, 6) is 1.56. The molecule has 0 radical (unpaired) electrons. The van der Waals surface area contributed by atoms with Crippen LogP contribution in [0.2, 0.25) is 0 Å². The van der Waals surface area contributed by atoms with Crippen LogP contribution in [0, 0.1) is 0 Å². The fourth-order valence-corrected chi connectivity index (χ4v) is 16.6. The Morgan fingerprint density at radius 3 is 0.887 bits per heavy atom. The fraction of sp³-hybridized carbons (Fsp3) is 0. The summed E-state index contributed by atoms with van der Waals surface area (Å²) in [7, 11) is 0. The molecule has 22 aromatic rings. The van der Waals surface area contributed by atoms with Crippen LogP contribution in [0.1, 0.15) is 0 Å². The van der Waals surface area contributed by atoms with Gasteiger partial charge in [0.2, 0.25) is 0 Å². The number of para-hydroxylation sites is 8. The summed E-state index contributed by atoms with van der Waals surface area (Å²) in [6.45, 7) is 0. The first-order chi connectivity index (χ1) is 52.5. The van der Waals surface area contributed by atoms with Gasteiger partial charge in [-0.1, -0.05) is 206 Å². The number of rotatable bonds is 8. The van der Waals surface area contributed by atoms with Crippen molar-refractivity contribution >= 4 is 131 Å². The van der Waals surface area contributed by atoms with E-state index >= 15 is 0 Å². The van der Waals surface area contributed by atoms with E-state index in [0.717, 1.165) is 122 Å². The Morgan fingerprint density at radius 1 is 0.179 bits per heavy atom. The predicted molar refractivity (Wildman–Crippen MR) is 438 cm³/mol. The van der Waals surface area contributed by atoms with Crippen molar-refractivity contribution < 1.29 is 0 Å². The molecule has 0 unspecified atom stereocenters. The quantitative estimate of drug-likeness (QED) is 0.142. The molecule has 0 bridgehead atoms. The van der Waals surface area contributed by atoms with Gasteiger partial charge in [0, 0.05) is 81.7 Å². The van der Waals surface area contributed by atoms with Gasteiger partial charge in [-0.2, -0.15) is 0 Å². The van der Waals surface area contributed by atoms with E-state index < -0.39 is 0 Å². The molecule has 0 aliphatic carbocycles. The summed E-state index contributed by atoms with van der Waals surface area (Å²) < 4.78 is 12.7. The summed E-state index contributed by atoms with van der Waals surface area (Å²) in [6, 6.07) is 126. The van der Waals surface area contributed by atoms with Crippen LogP contribution in [0.5, 0.6) is 0 Å². The Hall–Kier alpha value is -14.5. The SMILES string of the molecule is O=c1c2ccccc2c2ccc(-n3c4ccccc4c4cc(-c5ccc6c(c5)c5ccccc5n6-c5ccccc5)ccc43)nc2n1-c1ccccc1.O=c1c2ccccc2c2nc(-n3c4ccccc4c4cc(-c5ccc6c(c5)c5ccccc5n6-c5ccccc5)ccc43)ccc2n1-c1ccccc1. The van der Waals surface area contributed by atoms with Crippen LogP contribution < -0.4 is 11.1 Å². The van der Waals surface area contributed by atoms with Gasteiger partial charge in [-0.15, -0.1) is 0 Å². The van der Waals surface area contributed by atoms with Crippen LogP contribution in [-0.2, 0) is 0 Å². The lowest BCUT2D eigenvalue weighted by molar-refractivity contribution is 1.01. The molecule has 0 fully saturated rings. The monoisotopic (exact) mass is 1360 g/mol. The third-order valence-electron chi connectivity index (χ3n) is 21.3. The molecule has 10 nitrogen and oxygen atoms in total. The summed E-state index contributed by atoms with van der Waals surface area (Å²) >= 11 is 0. The van der Waals surface area contributed by atoms with Crippen molar-refractivity contribution in [2.45, 2.75) is 0 Å². The largest absolute Gasteiger partial charge is 0.309 e. The zero-order valence-electron chi connectivity index (χ0n) is 57.0. The highest BCUT2D eigenvalue weighted by Gasteiger charge is 2.23. The van der Waals surface area contributed by atoms with E-state index in [-0.39, 0.29) is 11.1 Å². The first kappa shape index (κ1) is 60.3. The van der Waals surface area contributed by atoms with Gasteiger partial charge in [-0.3, -0.25) is 27.9 Å². The average molecular weight is 1360 g/mol. The minimum Gasteiger partial charge on any atom is -0.309 e. The molecule has 0 spiro atoms. The van der Waals surface area contributed by atoms with Crippen LogP contribution in [-0.4, -0.2) is 37.4 Å². The van der Waals surface area contributed by atoms with Crippen molar-refractivity contribution in [3.8, 4) is 56.6 Å². The first-order valence-electron chi connectivity index (χ1n) is 35.7. The molecule has 496 valence electrons. The minimum atomic E-state index is -0.0836. The Bertz CT molecular complexity index is 7490. The third-order valence-corrected chi connectivity index (χ3v) is 21.3. The molecule has 0 aliphatic rings. The van der Waals surface area contributed by atoms with Crippen LogP contribution in [0.4, 0.5) is 0 Å². The first-order valence-corrected chi connectivity index (χ1v) is 35.7. The molecule has 0 atom stereocenters. The van der Waals surface area contributed by atoms with Crippen LogP contribution in [0.25, 0.3) is 187 Å². The van der Waals surface area contributed by atoms with Crippen LogP contribution in [0.15, 0.2) is 374 Å². The number of fused-ring (bicyclic) bond motifs is 18. The van der Waals surface area contributed by atoms with E-state index in [1.54, 1.807) is 9.13 Å². The number of hydrogen-bond donors (Lipinski definition) is 0. The highest BCUT2D eigenvalue weighted by molar-refractivity contribution is 6.16. The van der Waals surface area contributed by atoms with Gasteiger partial charge in [-0.05, 0) is 185 Å². The van der Waals surface area contributed by atoms with Crippen molar-refractivity contribution in [1.29, 1.82) is 0 Å². The molecule has 14 aromatic carbocycles. The van der Waals surface area contributed by atoms with E-state index in [1.807, 2.05) is 121 Å². The van der Waals surface area contributed by atoms with Gasteiger partial charge >= 0.3 is 0 Å². The molecule has 0 aliphatic heterocycles. The number of pyridine rings is 4. The summed E-state index contributed by atoms with van der Waals surface area (Å²) in [6.07, 6.45) is 0. The lowest BCUT2D eigenvalue weighted by Crippen LogP contribution is -2.20. The molecule has 8 heterocycles. The van der Waals surface area contributed by atoms with E-state index in [9.17, 15) is 9.59 Å². The van der Waals surface area contributed by atoms with Crippen molar-refractivity contribution in [3.05, 3.63) is 385 Å². The number of benzene rings is 14. The highest BCUT2D eigenvalue weighted by Crippen LogP contribution is 2.42. The van der Waals surface area contributed by atoms with Crippen LogP contribution >= 0.6 is 0 Å². The lowest BCUT2D eigenvalue weighted by Gasteiger charge is -2.15. The van der Waals surface area contributed by atoms with Crippen molar-refractivity contribution in [3.63, 3.8) is 0 Å². The topological polar surface area (TPSA) is 89.5 Å². The van der Waals surface area contributed by atoms with E-state index in [1.165, 1.54) is 49.2 Å². The maximum atomic E-state index is 14.1. The van der Waals surface area contributed by atoms with Gasteiger partial charge in [0.25, 0.3) is 11.1 Å². The molecule has 10 heteroatoms. The Balaban J connectivity index is 0.000000136. The van der Waals surface area contributed by atoms with Gasteiger partial charge in [0.15, 0.2) is 0 Å². The maximum absolute atomic E-state index is 14.1. The predicted octanol–water partition coefficient (Wildman–Crippen LogP) is 22.8. The highest BCUT2D eigenvalue weighted by atomic mass is 16.1. The zero-order chi connectivity index (χ0) is 70.1. The molecule has 0 saturated heterocycles. The van der Waals surface area contributed by atoms with E-state index in [4.69, 9.17) is 9.97 Å². The molecular formula is C96H60N8O2. The van der Waals surface area contributed by atoms with E-state index in [0.29, 0.717) is 16.4 Å². The third kappa shape index (κ3) is 9.38. The van der Waals surface area contributed by atoms with Gasteiger partial charge in [0.05, 0.1) is 60.9 Å². The molecule has 106 heavy (non-hydrogen) atoms. The number of aromatic nitrogens is 8. The lowest BCUT2D eigenvalue weighted by atomic mass is 10.0. The normalized spacial score (nSPS) is 11.8. The smallest absolute Gasteiger partial charge is 0.264 e. The summed E-state index contributed by atoms with van der Waals surface area (Å²) in [5.41, 5.74) is 19.6. The Kier molecular flexibility index (Phi) is 13.7. The standard InChI is InChI=1S/2C48H30N4O/c53-48-38-20-8-7-19-37(38)47-45(51(48)34-15-5-2-6-16-34)27-28-46(49-47)52-42-22-12-10-18-36(42)40-30-32(24-26-44(40)52)31-23-25-43-39(29-31)35-17-9-11-21-41(35)50(43)33-13-3-1-4-14-33;53-48-39-20-8-7-17-35(39)38-25-28-46(49-47(38)51(48)34-15-5-2-6-16-34)52-43-22-12-10-19-37(43)41-30-32(24-27-45(41)52)31-23-26-44-40(29-31)36-18-9-11-21-42(36)50(44)33-13-3-1-4-14-33/h2*1-30H. The average Bonchev–Trinajstić information content (AvgIpc) is 1.40. The molecule has 22 rings (SSSR count). The minimum absolute atomic E-state index is 0.0546. The molecule has 8 aromatic heterocycles. The van der Waals surface area contributed by atoms with Crippen LogP contribution in [0.3, 0.4) is 0 Å². The number of nitrogens with zero attached hydrogens (tertiary/aromatic N) is 8. The van der Waals surface area contributed by atoms with Gasteiger partial charge in [0.1, 0.15) is 17.3 Å². The van der Waals surface area contributed by atoms with Crippen molar-refractivity contribution in [1.82, 2.24) is 37.4 Å². The second-order valence-corrected chi connectivity index (χ2v) is 27.1. The second kappa shape index (κ2) is 24.1. The van der Waals surface area contributed by atoms with Crippen molar-refractivity contribution in [2.75, 3.05) is 0 Å². The molecular weight excluding hydrogens is 1300 g/mol. The maximum Gasteiger partial charge on any atom is 0.264 e. The van der Waals surface area contributed by atoms with E-state index in [2.05, 4.69) is 261 Å².